The van der Waals surface area contributed by atoms with Crippen LogP contribution in [0.5, 0.6) is 17.2 Å². The molecule has 0 saturated heterocycles. The number of carbonyl (C=O) groups is 1. The average Bonchev–Trinajstić information content (AvgIpc) is 2.51. The lowest BCUT2D eigenvalue weighted by molar-refractivity contribution is 0.104. The van der Waals surface area contributed by atoms with Crippen LogP contribution in [-0.2, 0) is 4.74 Å². The van der Waals surface area contributed by atoms with Gasteiger partial charge in [0, 0.05) is 24.5 Å². The number of aliphatic hydroxyl groups excluding tert-OH is 1. The minimum Gasteiger partial charge on any atom is -0.508 e. The van der Waals surface area contributed by atoms with Crippen LogP contribution in [0, 0.1) is 5.92 Å². The molecule has 2 rings (SSSR count). The lowest BCUT2D eigenvalue weighted by Gasteiger charge is -2.16. The largest absolute Gasteiger partial charge is 0.508 e. The fraction of sp³-hybridized carbons (Fsp3) is 0.278. The molecule has 0 aromatic heterocycles. The molecular weight excluding hydrogens is 312 g/mol. The zero-order valence-corrected chi connectivity index (χ0v) is 13.3. The molecule has 24 heavy (non-hydrogen) atoms. The fourth-order valence-corrected chi connectivity index (χ4v) is 2.32. The van der Waals surface area contributed by atoms with E-state index in [2.05, 4.69) is 0 Å². The van der Waals surface area contributed by atoms with Gasteiger partial charge in [-0.25, -0.2) is 0 Å². The third-order valence-corrected chi connectivity index (χ3v) is 3.49. The Hall–Kier alpha value is -2.89. The van der Waals surface area contributed by atoms with E-state index in [9.17, 15) is 25.2 Å². The molecule has 1 aromatic carbocycles. The highest BCUT2D eigenvalue weighted by molar-refractivity contribution is 6.08. The highest BCUT2D eigenvalue weighted by Crippen LogP contribution is 2.32. The van der Waals surface area contributed by atoms with Gasteiger partial charge in [-0.15, -0.1) is 0 Å². The van der Waals surface area contributed by atoms with Crippen molar-refractivity contribution < 1.29 is 30.0 Å². The summed E-state index contributed by atoms with van der Waals surface area (Å²) in [5, 5.41) is 38.6. The summed E-state index contributed by atoms with van der Waals surface area (Å²) >= 11 is 0. The van der Waals surface area contributed by atoms with Crippen LogP contribution < -0.4 is 0 Å². The van der Waals surface area contributed by atoms with Gasteiger partial charge in [-0.3, -0.25) is 4.79 Å². The zero-order chi connectivity index (χ0) is 17.7. The maximum Gasteiger partial charge on any atom is 0.193 e. The minimum absolute atomic E-state index is 0.114. The molecule has 1 aliphatic carbocycles. The molecule has 1 aliphatic rings. The Labute approximate surface area is 139 Å². The number of ketones is 1. The molecule has 128 valence electrons. The topological polar surface area (TPSA) is 107 Å². The Morgan fingerprint density at radius 1 is 1.25 bits per heavy atom. The summed E-state index contributed by atoms with van der Waals surface area (Å²) in [6.45, 7) is 2.48. The van der Waals surface area contributed by atoms with Gasteiger partial charge in [-0.05, 0) is 18.6 Å². The van der Waals surface area contributed by atoms with Crippen molar-refractivity contribution in [1.82, 2.24) is 0 Å². The van der Waals surface area contributed by atoms with Crippen LogP contribution in [0.1, 0.15) is 30.1 Å². The van der Waals surface area contributed by atoms with Gasteiger partial charge in [-0.2, -0.15) is 0 Å². The number of carbonyl (C=O) groups excluding carboxylic acids is 1. The number of phenols is 3. The Morgan fingerprint density at radius 3 is 2.50 bits per heavy atom. The normalized spacial score (nSPS) is 17.5. The summed E-state index contributed by atoms with van der Waals surface area (Å²) < 4.78 is 5.39. The van der Waals surface area contributed by atoms with E-state index in [0.29, 0.717) is 18.8 Å². The monoisotopic (exact) mass is 332 g/mol. The van der Waals surface area contributed by atoms with Crippen molar-refractivity contribution in [3.63, 3.8) is 0 Å². The van der Waals surface area contributed by atoms with E-state index in [1.165, 1.54) is 6.08 Å². The number of phenolic OH excluding ortho intramolecular Hbond substituents is 3. The van der Waals surface area contributed by atoms with Crippen LogP contribution >= 0.6 is 0 Å². The Morgan fingerprint density at radius 2 is 1.92 bits per heavy atom. The summed E-state index contributed by atoms with van der Waals surface area (Å²) in [7, 11) is 0. The summed E-state index contributed by atoms with van der Waals surface area (Å²) in [6.07, 6.45) is 7.37. The molecule has 1 aromatic rings. The summed E-state index contributed by atoms with van der Waals surface area (Å²) in [4.78, 5) is 12.1. The molecule has 0 amide bonds. The third kappa shape index (κ3) is 4.10. The number of benzene rings is 1. The number of hydrogen-bond donors (Lipinski definition) is 4. The van der Waals surface area contributed by atoms with Crippen molar-refractivity contribution in [3.8, 4) is 17.2 Å². The van der Waals surface area contributed by atoms with Crippen LogP contribution in [-0.4, -0.2) is 32.8 Å². The van der Waals surface area contributed by atoms with Gasteiger partial charge in [0.2, 0.25) is 0 Å². The van der Waals surface area contributed by atoms with Gasteiger partial charge in [0.15, 0.2) is 11.5 Å². The van der Waals surface area contributed by atoms with Gasteiger partial charge in [-0.1, -0.05) is 19.1 Å². The molecule has 1 unspecified atom stereocenters. The molecule has 1 atom stereocenters. The van der Waals surface area contributed by atoms with E-state index < -0.39 is 17.3 Å². The second-order valence-electron chi connectivity index (χ2n) is 5.47. The van der Waals surface area contributed by atoms with E-state index in [1.54, 1.807) is 18.2 Å². The van der Waals surface area contributed by atoms with Crippen molar-refractivity contribution in [3.05, 3.63) is 53.5 Å². The molecule has 0 radical (unpaired) electrons. The number of rotatable bonds is 6. The third-order valence-electron chi connectivity index (χ3n) is 3.49. The molecule has 0 bridgehead atoms. The van der Waals surface area contributed by atoms with Crippen LogP contribution in [0.3, 0.4) is 0 Å². The van der Waals surface area contributed by atoms with Gasteiger partial charge in [0.1, 0.15) is 28.6 Å². The first-order valence-electron chi connectivity index (χ1n) is 7.63. The van der Waals surface area contributed by atoms with Crippen molar-refractivity contribution >= 4 is 5.78 Å². The summed E-state index contributed by atoms with van der Waals surface area (Å²) in [5.74, 6) is -1.60. The van der Waals surface area contributed by atoms with E-state index in [4.69, 9.17) is 4.74 Å². The molecule has 0 aliphatic heterocycles. The highest BCUT2D eigenvalue weighted by atomic mass is 16.5. The first-order chi connectivity index (χ1) is 11.4. The second kappa shape index (κ2) is 7.59. The molecule has 4 N–H and O–H groups in total. The first kappa shape index (κ1) is 17.5. The van der Waals surface area contributed by atoms with Crippen LogP contribution in [0.2, 0.25) is 0 Å². The lowest BCUT2D eigenvalue weighted by Crippen LogP contribution is -2.07. The highest BCUT2D eigenvalue weighted by Gasteiger charge is 2.18. The zero-order valence-electron chi connectivity index (χ0n) is 13.3. The quantitative estimate of drug-likeness (QED) is 0.470. The molecular formula is C18H20O6. The predicted octanol–water partition coefficient (Wildman–Crippen LogP) is 3.31. The molecule has 0 spiro atoms. The molecule has 0 saturated carbocycles. The maximum absolute atomic E-state index is 12.1. The number of aromatic hydroxyl groups is 3. The first-order valence-corrected chi connectivity index (χ1v) is 7.63. The van der Waals surface area contributed by atoms with E-state index in [-0.39, 0.29) is 23.0 Å². The molecule has 6 heteroatoms. The smallest absolute Gasteiger partial charge is 0.193 e. The standard InChI is InChI=1S/C18H20O6/c1-2-7-24-17-6-4-11(8-14(17)21)3-5-13(20)18-15(22)9-12(19)10-16(18)23/h3-6,9-11,19,21-23H,2,7-8H2,1H3. The summed E-state index contributed by atoms with van der Waals surface area (Å²) in [6, 6.07) is 1.96. The summed E-state index contributed by atoms with van der Waals surface area (Å²) in [5.41, 5.74) is -0.282. The predicted molar refractivity (Wildman–Crippen MR) is 88.1 cm³/mol. The minimum atomic E-state index is -0.602. The lowest BCUT2D eigenvalue weighted by atomic mass is 9.96. The van der Waals surface area contributed by atoms with Crippen molar-refractivity contribution in [2.45, 2.75) is 19.8 Å². The van der Waals surface area contributed by atoms with Gasteiger partial charge < -0.3 is 25.2 Å². The molecule has 6 nitrogen and oxygen atoms in total. The molecule has 0 heterocycles. The van der Waals surface area contributed by atoms with Crippen molar-refractivity contribution in [2.75, 3.05) is 6.61 Å². The number of hydrogen-bond acceptors (Lipinski definition) is 6. The molecule has 0 fully saturated rings. The van der Waals surface area contributed by atoms with E-state index in [0.717, 1.165) is 18.6 Å². The maximum atomic E-state index is 12.1. The van der Waals surface area contributed by atoms with Crippen molar-refractivity contribution in [1.29, 1.82) is 0 Å². The second-order valence-corrected chi connectivity index (χ2v) is 5.47. The van der Waals surface area contributed by atoms with Gasteiger partial charge in [0.25, 0.3) is 0 Å². The Bertz CT molecular complexity index is 691. The van der Waals surface area contributed by atoms with E-state index in [1.807, 2.05) is 6.92 Å². The van der Waals surface area contributed by atoms with Crippen LogP contribution in [0.4, 0.5) is 0 Å². The Balaban J connectivity index is 2.07. The Kier molecular flexibility index (Phi) is 5.52. The van der Waals surface area contributed by atoms with Crippen LogP contribution in [0.25, 0.3) is 0 Å². The van der Waals surface area contributed by atoms with Gasteiger partial charge in [0.05, 0.1) is 6.61 Å². The average molecular weight is 332 g/mol. The number of ether oxygens (including phenoxy) is 1. The van der Waals surface area contributed by atoms with Gasteiger partial charge >= 0.3 is 0 Å². The van der Waals surface area contributed by atoms with E-state index >= 15 is 0 Å². The number of aliphatic hydroxyl groups is 1. The number of allylic oxidation sites excluding steroid dienone is 5. The van der Waals surface area contributed by atoms with Crippen LogP contribution in [0.15, 0.2) is 48.0 Å². The SMILES string of the molecule is CCCOC1=C(O)CC(C=CC(=O)c2c(O)cc(O)cc2O)C=C1. The fourth-order valence-electron chi connectivity index (χ4n) is 2.32. The van der Waals surface area contributed by atoms with Crippen molar-refractivity contribution in [2.24, 2.45) is 5.92 Å².